The highest BCUT2D eigenvalue weighted by atomic mass is 16.5. The lowest BCUT2D eigenvalue weighted by Gasteiger charge is -2.30. The Hall–Kier alpha value is -2.30. The van der Waals surface area contributed by atoms with Gasteiger partial charge in [-0.3, -0.25) is 9.59 Å². The van der Waals surface area contributed by atoms with Crippen LogP contribution in [0.25, 0.3) is 10.9 Å². The molecule has 0 aliphatic heterocycles. The minimum absolute atomic E-state index is 0.135. The minimum Gasteiger partial charge on any atom is -0.469 e. The third-order valence-corrected chi connectivity index (χ3v) is 4.40. The van der Waals surface area contributed by atoms with Crippen molar-refractivity contribution in [3.05, 3.63) is 36.0 Å². The molecule has 1 heterocycles. The summed E-state index contributed by atoms with van der Waals surface area (Å²) < 4.78 is 4.86. The van der Waals surface area contributed by atoms with Crippen LogP contribution >= 0.6 is 0 Å². The summed E-state index contributed by atoms with van der Waals surface area (Å²) in [6.45, 7) is 0. The van der Waals surface area contributed by atoms with Crippen LogP contribution in [0, 0.1) is 5.92 Å². The highest BCUT2D eigenvalue weighted by Crippen LogP contribution is 2.26. The number of carbonyl (C=O) groups excluding carboxylic acids is 2. The first-order valence-corrected chi connectivity index (χ1v) is 7.65. The van der Waals surface area contributed by atoms with Crippen molar-refractivity contribution >= 4 is 22.8 Å². The van der Waals surface area contributed by atoms with Gasteiger partial charge in [0, 0.05) is 28.7 Å². The van der Waals surface area contributed by atoms with Crippen molar-refractivity contribution in [3.63, 3.8) is 0 Å². The van der Waals surface area contributed by atoms with Crippen LogP contribution in [0.15, 0.2) is 30.5 Å². The number of methoxy groups -OCH3 is 1. The van der Waals surface area contributed by atoms with E-state index >= 15 is 0 Å². The van der Waals surface area contributed by atoms with E-state index in [9.17, 15) is 9.59 Å². The van der Waals surface area contributed by atoms with Crippen molar-refractivity contribution in [1.82, 2.24) is 10.3 Å². The topological polar surface area (TPSA) is 71.2 Å². The Morgan fingerprint density at radius 2 is 2.05 bits per heavy atom. The van der Waals surface area contributed by atoms with Gasteiger partial charge >= 0.3 is 5.97 Å². The molecule has 5 nitrogen and oxygen atoms in total. The summed E-state index contributed by atoms with van der Waals surface area (Å²) in [5.74, 6) is -0.603. The molecule has 3 rings (SSSR count). The fourth-order valence-electron chi connectivity index (χ4n) is 3.18. The molecule has 0 unspecified atom stereocenters. The summed E-state index contributed by atoms with van der Waals surface area (Å²) in [7, 11) is 1.40. The predicted octanol–water partition coefficient (Wildman–Crippen LogP) is 2.63. The number of carbonyl (C=O) groups is 2. The molecule has 1 aromatic heterocycles. The van der Waals surface area contributed by atoms with Crippen LogP contribution in [0.3, 0.4) is 0 Å². The lowest BCUT2D eigenvalue weighted by molar-refractivity contribution is -0.147. The average molecular weight is 300 g/mol. The van der Waals surface area contributed by atoms with Crippen LogP contribution in [-0.4, -0.2) is 30.0 Å². The number of H-pyrrole nitrogens is 1. The van der Waals surface area contributed by atoms with E-state index < -0.39 is 0 Å². The van der Waals surface area contributed by atoms with Crippen LogP contribution in [0.5, 0.6) is 0 Å². The highest BCUT2D eigenvalue weighted by molar-refractivity contribution is 5.98. The van der Waals surface area contributed by atoms with Crippen LogP contribution in [0.1, 0.15) is 36.0 Å². The van der Waals surface area contributed by atoms with Crippen molar-refractivity contribution in [3.8, 4) is 0 Å². The summed E-state index contributed by atoms with van der Waals surface area (Å²) in [6.07, 6.45) is 5.46. The van der Waals surface area contributed by atoms with Gasteiger partial charge in [0.1, 0.15) is 0 Å². The van der Waals surface area contributed by atoms with E-state index in [1.165, 1.54) is 7.11 Å². The Kier molecular flexibility index (Phi) is 4.13. The van der Waals surface area contributed by atoms with Crippen LogP contribution < -0.4 is 5.32 Å². The maximum atomic E-state index is 12.5. The van der Waals surface area contributed by atoms with Crippen LogP contribution in [0.2, 0.25) is 0 Å². The van der Waals surface area contributed by atoms with E-state index in [-0.39, 0.29) is 23.8 Å². The summed E-state index contributed by atoms with van der Waals surface area (Å²) in [6, 6.07) is 7.34. The molecule has 116 valence electrons. The van der Waals surface area contributed by atoms with Crippen molar-refractivity contribution in [2.45, 2.75) is 31.7 Å². The molecule has 0 bridgehead atoms. The number of aromatic nitrogens is 1. The molecule has 1 fully saturated rings. The molecule has 5 heteroatoms. The van der Waals surface area contributed by atoms with Crippen molar-refractivity contribution in [2.75, 3.05) is 7.11 Å². The van der Waals surface area contributed by atoms with Crippen molar-refractivity contribution < 1.29 is 14.3 Å². The van der Waals surface area contributed by atoms with Gasteiger partial charge in [-0.05, 0) is 37.1 Å². The SMILES string of the molecule is COC(=O)[C@@H]1CCCC[C@H]1NC(=O)c1ccc2[nH]ccc2c1. The summed E-state index contributed by atoms with van der Waals surface area (Å²) >= 11 is 0. The molecular weight excluding hydrogens is 280 g/mol. The predicted molar refractivity (Wildman–Crippen MR) is 83.5 cm³/mol. The molecular formula is C17H20N2O3. The molecule has 0 radical (unpaired) electrons. The van der Waals surface area contributed by atoms with E-state index in [1.54, 1.807) is 6.07 Å². The Morgan fingerprint density at radius 1 is 1.23 bits per heavy atom. The zero-order valence-corrected chi connectivity index (χ0v) is 12.6. The molecule has 2 aromatic rings. The normalized spacial score (nSPS) is 21.5. The first-order chi connectivity index (χ1) is 10.7. The number of ether oxygens (including phenoxy) is 1. The van der Waals surface area contributed by atoms with E-state index in [0.29, 0.717) is 5.56 Å². The molecule has 2 atom stereocenters. The quantitative estimate of drug-likeness (QED) is 0.856. The molecule has 1 saturated carbocycles. The molecule has 22 heavy (non-hydrogen) atoms. The number of hydrogen-bond acceptors (Lipinski definition) is 3. The van der Waals surface area contributed by atoms with Gasteiger partial charge in [0.2, 0.25) is 0 Å². The molecule has 1 aromatic carbocycles. The van der Waals surface area contributed by atoms with E-state index in [1.807, 2.05) is 24.4 Å². The average Bonchev–Trinajstić information content (AvgIpc) is 3.02. The zero-order chi connectivity index (χ0) is 15.5. The van der Waals surface area contributed by atoms with E-state index in [2.05, 4.69) is 10.3 Å². The third-order valence-electron chi connectivity index (χ3n) is 4.40. The van der Waals surface area contributed by atoms with Crippen molar-refractivity contribution in [1.29, 1.82) is 0 Å². The summed E-state index contributed by atoms with van der Waals surface area (Å²) in [4.78, 5) is 27.4. The molecule has 1 aliphatic rings. The first-order valence-electron chi connectivity index (χ1n) is 7.65. The van der Waals surface area contributed by atoms with Gasteiger partial charge in [0.05, 0.1) is 13.0 Å². The fraction of sp³-hybridized carbons (Fsp3) is 0.412. The number of esters is 1. The second kappa shape index (κ2) is 6.22. The Morgan fingerprint density at radius 3 is 2.86 bits per heavy atom. The number of aromatic amines is 1. The Labute approximate surface area is 129 Å². The van der Waals surface area contributed by atoms with Gasteiger partial charge < -0.3 is 15.0 Å². The molecule has 2 N–H and O–H groups in total. The lowest BCUT2D eigenvalue weighted by Crippen LogP contribution is -2.45. The van der Waals surface area contributed by atoms with Gasteiger partial charge in [-0.2, -0.15) is 0 Å². The Balaban J connectivity index is 1.75. The first kappa shape index (κ1) is 14.6. The van der Waals surface area contributed by atoms with Crippen LogP contribution in [-0.2, 0) is 9.53 Å². The fourth-order valence-corrected chi connectivity index (χ4v) is 3.18. The standard InChI is InChI=1S/C17H20N2O3/c1-22-17(21)13-4-2-3-5-15(13)19-16(20)12-6-7-14-11(10-12)8-9-18-14/h6-10,13,15,18H,2-5H2,1H3,(H,19,20)/t13-,15-/m1/s1. The second-order valence-electron chi connectivity index (χ2n) is 5.77. The summed E-state index contributed by atoms with van der Waals surface area (Å²) in [5.41, 5.74) is 1.61. The van der Waals surface area contributed by atoms with Gasteiger partial charge in [-0.15, -0.1) is 0 Å². The van der Waals surface area contributed by atoms with Gasteiger partial charge in [-0.1, -0.05) is 12.8 Å². The summed E-state index contributed by atoms with van der Waals surface area (Å²) in [5, 5.41) is 4.01. The van der Waals surface area contributed by atoms with Gasteiger partial charge in [0.15, 0.2) is 0 Å². The minimum atomic E-state index is -0.237. The number of rotatable bonds is 3. The Bertz CT molecular complexity index is 692. The second-order valence-corrected chi connectivity index (χ2v) is 5.77. The number of benzene rings is 1. The zero-order valence-electron chi connectivity index (χ0n) is 12.6. The van der Waals surface area contributed by atoms with E-state index in [0.717, 1.165) is 36.6 Å². The number of fused-ring (bicyclic) bond motifs is 1. The largest absolute Gasteiger partial charge is 0.469 e. The number of hydrogen-bond donors (Lipinski definition) is 2. The monoisotopic (exact) mass is 300 g/mol. The maximum absolute atomic E-state index is 12.5. The number of amides is 1. The molecule has 1 amide bonds. The molecule has 0 saturated heterocycles. The van der Waals surface area contributed by atoms with Crippen LogP contribution in [0.4, 0.5) is 0 Å². The van der Waals surface area contributed by atoms with Gasteiger partial charge in [-0.25, -0.2) is 0 Å². The molecule has 0 spiro atoms. The highest BCUT2D eigenvalue weighted by Gasteiger charge is 2.32. The lowest BCUT2D eigenvalue weighted by atomic mass is 9.84. The molecule has 1 aliphatic carbocycles. The maximum Gasteiger partial charge on any atom is 0.310 e. The van der Waals surface area contributed by atoms with Crippen molar-refractivity contribution in [2.24, 2.45) is 5.92 Å². The third kappa shape index (κ3) is 2.84. The smallest absolute Gasteiger partial charge is 0.310 e. The number of nitrogens with one attached hydrogen (secondary N) is 2. The van der Waals surface area contributed by atoms with E-state index in [4.69, 9.17) is 4.74 Å². The van der Waals surface area contributed by atoms with Gasteiger partial charge in [0.25, 0.3) is 5.91 Å².